The number of nitrogens with zero attached hydrogens (tertiary/aromatic N) is 5. The van der Waals surface area contributed by atoms with Crippen molar-refractivity contribution in [2.45, 2.75) is 32.2 Å². The Balaban J connectivity index is 1.38. The number of aromatic nitrogens is 5. The molecule has 0 amide bonds. The SMILES string of the molecule is COC(=O)c1cc(OC)c2c(c1)nc(-c1cc3ccc(Br)nc3n1CCCCCCOc1ncccc1Br)n2C. The van der Waals surface area contributed by atoms with E-state index in [4.69, 9.17) is 24.2 Å². The summed E-state index contributed by atoms with van der Waals surface area (Å²) in [5, 5.41) is 1.03. The fraction of sp³-hybridized carbons (Fsp3) is 0.310. The molecule has 0 unspecified atom stereocenters. The Labute approximate surface area is 248 Å². The third-order valence-electron chi connectivity index (χ3n) is 6.75. The van der Waals surface area contributed by atoms with Gasteiger partial charge in [0.2, 0.25) is 5.88 Å². The van der Waals surface area contributed by atoms with Crippen LogP contribution in [0.2, 0.25) is 0 Å². The molecular formula is C29H29Br2N5O4. The van der Waals surface area contributed by atoms with E-state index in [0.717, 1.165) is 69.4 Å². The number of hydrogen-bond donors (Lipinski definition) is 0. The first-order valence-corrected chi connectivity index (χ1v) is 14.5. The highest BCUT2D eigenvalue weighted by Crippen LogP contribution is 2.34. The molecule has 4 aromatic heterocycles. The molecule has 1 aromatic carbocycles. The van der Waals surface area contributed by atoms with Gasteiger partial charge in [0.05, 0.1) is 42.1 Å². The highest BCUT2D eigenvalue weighted by atomic mass is 79.9. The minimum atomic E-state index is -0.436. The lowest BCUT2D eigenvalue weighted by atomic mass is 10.2. The summed E-state index contributed by atoms with van der Waals surface area (Å²) >= 11 is 6.99. The second-order valence-electron chi connectivity index (χ2n) is 9.31. The average Bonchev–Trinajstić information content (AvgIpc) is 3.49. The van der Waals surface area contributed by atoms with Crippen LogP contribution in [0.15, 0.2) is 57.7 Å². The van der Waals surface area contributed by atoms with Crippen LogP contribution in [0, 0.1) is 0 Å². The maximum atomic E-state index is 12.2. The van der Waals surface area contributed by atoms with E-state index in [0.29, 0.717) is 29.3 Å². The summed E-state index contributed by atoms with van der Waals surface area (Å²) in [5.41, 5.74) is 3.69. The summed E-state index contributed by atoms with van der Waals surface area (Å²) in [6.07, 6.45) is 5.72. The normalized spacial score (nSPS) is 11.3. The number of benzene rings is 1. The van der Waals surface area contributed by atoms with Crippen molar-refractivity contribution in [2.24, 2.45) is 7.05 Å². The summed E-state index contributed by atoms with van der Waals surface area (Å²) < 4.78 is 22.2. The zero-order valence-electron chi connectivity index (χ0n) is 22.5. The van der Waals surface area contributed by atoms with Crippen molar-refractivity contribution in [1.82, 2.24) is 24.1 Å². The Bertz CT molecular complexity index is 1680. The number of pyridine rings is 2. The van der Waals surface area contributed by atoms with Crippen LogP contribution in [0.5, 0.6) is 11.6 Å². The van der Waals surface area contributed by atoms with Crippen molar-refractivity contribution in [1.29, 1.82) is 0 Å². The number of imidazole rings is 1. The van der Waals surface area contributed by atoms with Gasteiger partial charge in [0.25, 0.3) is 0 Å². The molecule has 0 spiro atoms. The first-order valence-electron chi connectivity index (χ1n) is 12.9. The second-order valence-corrected chi connectivity index (χ2v) is 11.0. The van der Waals surface area contributed by atoms with Crippen molar-refractivity contribution in [3.8, 4) is 23.1 Å². The lowest BCUT2D eigenvalue weighted by molar-refractivity contribution is 0.0600. The molecule has 0 aliphatic heterocycles. The highest BCUT2D eigenvalue weighted by Gasteiger charge is 2.21. The smallest absolute Gasteiger partial charge is 0.338 e. The molecule has 5 aromatic rings. The predicted molar refractivity (Wildman–Crippen MR) is 161 cm³/mol. The molecule has 0 aliphatic carbocycles. The first-order chi connectivity index (χ1) is 19.4. The summed E-state index contributed by atoms with van der Waals surface area (Å²) in [6.45, 7) is 1.40. The van der Waals surface area contributed by atoms with Gasteiger partial charge in [0.1, 0.15) is 21.5 Å². The monoisotopic (exact) mass is 669 g/mol. The van der Waals surface area contributed by atoms with Gasteiger partial charge in [-0.2, -0.15) is 0 Å². The van der Waals surface area contributed by atoms with Crippen molar-refractivity contribution >= 4 is 59.9 Å². The van der Waals surface area contributed by atoms with Gasteiger partial charge in [0, 0.05) is 25.2 Å². The van der Waals surface area contributed by atoms with Gasteiger partial charge in [-0.15, -0.1) is 0 Å². The number of methoxy groups -OCH3 is 2. The van der Waals surface area contributed by atoms with Crippen LogP contribution in [0.25, 0.3) is 33.6 Å². The lowest BCUT2D eigenvalue weighted by Gasteiger charge is -2.11. The van der Waals surface area contributed by atoms with Crippen LogP contribution in [0.3, 0.4) is 0 Å². The fourth-order valence-electron chi connectivity index (χ4n) is 4.82. The number of carbonyl (C=O) groups excluding carboxylic acids is 1. The van der Waals surface area contributed by atoms with E-state index < -0.39 is 5.97 Å². The van der Waals surface area contributed by atoms with Crippen molar-refractivity contribution in [3.05, 3.63) is 63.3 Å². The van der Waals surface area contributed by atoms with Gasteiger partial charge >= 0.3 is 5.97 Å². The number of hydrogen-bond acceptors (Lipinski definition) is 7. The summed E-state index contributed by atoms with van der Waals surface area (Å²) in [6, 6.07) is 13.3. The maximum absolute atomic E-state index is 12.2. The van der Waals surface area contributed by atoms with Crippen LogP contribution in [-0.2, 0) is 18.3 Å². The Morgan fingerprint density at radius 2 is 1.82 bits per heavy atom. The van der Waals surface area contributed by atoms with E-state index in [-0.39, 0.29) is 0 Å². The van der Waals surface area contributed by atoms with Crippen LogP contribution < -0.4 is 9.47 Å². The molecule has 0 atom stereocenters. The molecule has 0 bridgehead atoms. The van der Waals surface area contributed by atoms with Crippen LogP contribution in [-0.4, -0.2) is 50.9 Å². The third-order valence-corrected chi connectivity index (χ3v) is 7.80. The molecule has 0 aliphatic rings. The molecule has 0 saturated carbocycles. The van der Waals surface area contributed by atoms with E-state index in [1.165, 1.54) is 7.11 Å². The number of ether oxygens (including phenoxy) is 3. The number of carbonyl (C=O) groups is 1. The molecule has 4 heterocycles. The van der Waals surface area contributed by atoms with Gasteiger partial charge in [-0.3, -0.25) is 0 Å². The van der Waals surface area contributed by atoms with Gasteiger partial charge in [0.15, 0.2) is 5.82 Å². The zero-order chi connectivity index (χ0) is 28.2. The standard InChI is InChI=1S/C29H29Br2N5O4/c1-35-25-21(15-19(29(37)39-3)17-23(25)38-2)33-27(35)22-16-18-10-11-24(31)34-26(18)36(22)13-6-4-5-7-14-40-28-20(30)9-8-12-32-28/h8-12,15-17H,4-7,13-14H2,1-3H3. The topological polar surface area (TPSA) is 93.3 Å². The van der Waals surface area contributed by atoms with Crippen molar-refractivity contribution in [3.63, 3.8) is 0 Å². The first kappa shape index (κ1) is 28.1. The highest BCUT2D eigenvalue weighted by molar-refractivity contribution is 9.10. The molecule has 11 heteroatoms. The van der Waals surface area contributed by atoms with Crippen LogP contribution >= 0.6 is 31.9 Å². The molecule has 0 N–H and O–H groups in total. The molecule has 208 valence electrons. The Hall–Kier alpha value is -3.44. The quantitative estimate of drug-likeness (QED) is 0.0853. The summed E-state index contributed by atoms with van der Waals surface area (Å²) in [5.74, 6) is 1.51. The molecule has 0 saturated heterocycles. The molecule has 0 radical (unpaired) electrons. The van der Waals surface area contributed by atoms with E-state index in [2.05, 4.69) is 53.5 Å². The minimum absolute atomic E-state index is 0.391. The Morgan fingerprint density at radius 3 is 2.60 bits per heavy atom. The summed E-state index contributed by atoms with van der Waals surface area (Å²) in [4.78, 5) is 26.2. The average molecular weight is 671 g/mol. The van der Waals surface area contributed by atoms with Gasteiger partial charge in [-0.05, 0) is 93.6 Å². The molecule has 5 rings (SSSR count). The lowest BCUT2D eigenvalue weighted by Crippen LogP contribution is -2.05. The van der Waals surface area contributed by atoms with E-state index >= 15 is 0 Å². The number of esters is 1. The van der Waals surface area contributed by atoms with Crippen LogP contribution in [0.1, 0.15) is 36.0 Å². The molecular weight excluding hydrogens is 642 g/mol. The number of fused-ring (bicyclic) bond motifs is 2. The van der Waals surface area contributed by atoms with E-state index in [1.807, 2.05) is 29.8 Å². The molecule has 0 fully saturated rings. The molecule has 9 nitrogen and oxygen atoms in total. The Morgan fingerprint density at radius 1 is 1.00 bits per heavy atom. The largest absolute Gasteiger partial charge is 0.494 e. The maximum Gasteiger partial charge on any atom is 0.338 e. The number of aryl methyl sites for hydroxylation is 2. The van der Waals surface area contributed by atoms with Crippen molar-refractivity contribution < 1.29 is 19.0 Å². The third kappa shape index (κ3) is 5.71. The van der Waals surface area contributed by atoms with Crippen molar-refractivity contribution in [2.75, 3.05) is 20.8 Å². The number of rotatable bonds is 11. The van der Waals surface area contributed by atoms with Gasteiger partial charge < -0.3 is 23.3 Å². The van der Waals surface area contributed by atoms with Gasteiger partial charge in [-0.1, -0.05) is 6.42 Å². The predicted octanol–water partition coefficient (Wildman–Crippen LogP) is 6.94. The minimum Gasteiger partial charge on any atom is -0.494 e. The van der Waals surface area contributed by atoms with E-state index in [9.17, 15) is 4.79 Å². The van der Waals surface area contributed by atoms with Crippen LogP contribution in [0.4, 0.5) is 0 Å². The second kappa shape index (κ2) is 12.4. The van der Waals surface area contributed by atoms with E-state index in [1.54, 1.807) is 25.4 Å². The molecule has 40 heavy (non-hydrogen) atoms. The fourth-order valence-corrected chi connectivity index (χ4v) is 5.49. The zero-order valence-corrected chi connectivity index (χ0v) is 25.7. The number of unbranched alkanes of at least 4 members (excludes halogenated alkanes) is 3. The number of halogens is 2. The Kier molecular flexibility index (Phi) is 8.70. The summed E-state index contributed by atoms with van der Waals surface area (Å²) in [7, 11) is 4.90. The van der Waals surface area contributed by atoms with Gasteiger partial charge in [-0.25, -0.2) is 19.7 Å².